The smallest absolute Gasteiger partial charge is 0.273 e. The number of rotatable bonds is 1. The molecule has 2 aliphatic heterocycles. The van der Waals surface area contributed by atoms with Crippen molar-refractivity contribution in [1.82, 2.24) is 15.2 Å². The highest BCUT2D eigenvalue weighted by Crippen LogP contribution is 2.28. The number of nitrogens with zero attached hydrogens (tertiary/aromatic N) is 2. The molecule has 2 fully saturated rings. The van der Waals surface area contributed by atoms with Gasteiger partial charge in [0.2, 0.25) is 5.91 Å². The number of hydrogen-bond donors (Lipinski definition) is 2. The molecule has 0 saturated carbocycles. The Morgan fingerprint density at radius 3 is 3.17 bits per heavy atom. The van der Waals surface area contributed by atoms with Crippen molar-refractivity contribution in [2.45, 2.75) is 18.9 Å². The molecule has 0 spiro atoms. The summed E-state index contributed by atoms with van der Waals surface area (Å²) in [5, 5.41) is 4.90. The van der Waals surface area contributed by atoms with E-state index in [0.29, 0.717) is 23.9 Å². The van der Waals surface area contributed by atoms with E-state index in [2.05, 4.69) is 10.3 Å². The summed E-state index contributed by atoms with van der Waals surface area (Å²) in [4.78, 5) is 29.8. The van der Waals surface area contributed by atoms with Crippen molar-refractivity contribution in [1.29, 1.82) is 0 Å². The lowest BCUT2D eigenvalue weighted by Gasteiger charge is -2.35. The highest BCUT2D eigenvalue weighted by Gasteiger charge is 2.43. The van der Waals surface area contributed by atoms with E-state index in [1.807, 2.05) is 0 Å². The highest BCUT2D eigenvalue weighted by molar-refractivity contribution is 7.13. The fourth-order valence-corrected chi connectivity index (χ4v) is 3.27. The van der Waals surface area contributed by atoms with Gasteiger partial charge < -0.3 is 16.0 Å². The van der Waals surface area contributed by atoms with Gasteiger partial charge >= 0.3 is 0 Å². The van der Waals surface area contributed by atoms with Crippen LogP contribution in [0.5, 0.6) is 0 Å². The molecule has 2 amide bonds. The predicted molar refractivity (Wildman–Crippen MR) is 67.1 cm³/mol. The molecule has 1 aromatic heterocycles. The number of hydrogen-bond acceptors (Lipinski definition) is 5. The largest absolute Gasteiger partial charge is 0.375 e. The molecule has 18 heavy (non-hydrogen) atoms. The zero-order valence-corrected chi connectivity index (χ0v) is 10.6. The Morgan fingerprint density at radius 1 is 1.61 bits per heavy atom. The lowest BCUT2D eigenvalue weighted by Crippen LogP contribution is -2.48. The number of aromatic nitrogens is 1. The number of piperidine rings is 1. The molecule has 3 heterocycles. The van der Waals surface area contributed by atoms with E-state index in [1.54, 1.807) is 10.3 Å². The Morgan fingerprint density at radius 2 is 2.44 bits per heavy atom. The molecule has 0 aromatic carbocycles. The van der Waals surface area contributed by atoms with Crippen LogP contribution in [0.4, 0.5) is 5.13 Å². The zero-order valence-electron chi connectivity index (χ0n) is 9.76. The second-order valence-electron chi connectivity index (χ2n) is 4.63. The summed E-state index contributed by atoms with van der Waals surface area (Å²) < 4.78 is 0. The van der Waals surface area contributed by atoms with Crippen molar-refractivity contribution in [2.75, 3.05) is 18.8 Å². The number of anilines is 1. The third-order valence-corrected chi connectivity index (χ3v) is 4.28. The van der Waals surface area contributed by atoms with Gasteiger partial charge in [-0.1, -0.05) is 0 Å². The first-order chi connectivity index (χ1) is 8.66. The molecule has 0 aliphatic carbocycles. The number of amides is 2. The predicted octanol–water partition coefficient (Wildman–Crippen LogP) is 0.0759. The van der Waals surface area contributed by atoms with Gasteiger partial charge in [-0.15, -0.1) is 11.3 Å². The second-order valence-corrected chi connectivity index (χ2v) is 5.52. The topological polar surface area (TPSA) is 88.3 Å². The number of nitrogen functional groups attached to an aromatic ring is 1. The summed E-state index contributed by atoms with van der Waals surface area (Å²) in [7, 11) is 0. The van der Waals surface area contributed by atoms with Crippen LogP contribution in [0.15, 0.2) is 5.38 Å². The maximum Gasteiger partial charge on any atom is 0.273 e. The molecule has 96 valence electrons. The third-order valence-electron chi connectivity index (χ3n) is 3.60. The Balaban J connectivity index is 1.83. The molecule has 0 radical (unpaired) electrons. The summed E-state index contributed by atoms with van der Waals surface area (Å²) in [6.45, 7) is 1.24. The third kappa shape index (κ3) is 1.74. The van der Waals surface area contributed by atoms with E-state index in [-0.39, 0.29) is 23.8 Å². The molecule has 1 aromatic rings. The minimum absolute atomic E-state index is 0.0262. The Labute approximate surface area is 108 Å². The van der Waals surface area contributed by atoms with Gasteiger partial charge in [0.25, 0.3) is 5.91 Å². The maximum atomic E-state index is 12.3. The molecule has 0 bridgehead atoms. The first-order valence-electron chi connectivity index (χ1n) is 5.96. The molecular formula is C11H14N4O2S. The highest BCUT2D eigenvalue weighted by atomic mass is 32.1. The molecule has 7 heteroatoms. The van der Waals surface area contributed by atoms with Crippen molar-refractivity contribution < 1.29 is 9.59 Å². The molecule has 2 atom stereocenters. The van der Waals surface area contributed by atoms with Crippen LogP contribution < -0.4 is 11.1 Å². The lowest BCUT2D eigenvalue weighted by atomic mass is 9.91. The van der Waals surface area contributed by atoms with Crippen molar-refractivity contribution in [3.8, 4) is 0 Å². The van der Waals surface area contributed by atoms with Crippen molar-refractivity contribution in [3.63, 3.8) is 0 Å². The molecule has 3 N–H and O–H groups in total. The Hall–Kier alpha value is -1.63. The van der Waals surface area contributed by atoms with Gasteiger partial charge in [0.1, 0.15) is 5.69 Å². The number of nitrogens with two attached hydrogens (primary N) is 1. The molecule has 3 rings (SSSR count). The van der Waals surface area contributed by atoms with Gasteiger partial charge in [0.05, 0.1) is 12.0 Å². The molecular weight excluding hydrogens is 252 g/mol. The van der Waals surface area contributed by atoms with Crippen LogP contribution in [0.2, 0.25) is 0 Å². The summed E-state index contributed by atoms with van der Waals surface area (Å²) >= 11 is 1.26. The van der Waals surface area contributed by atoms with E-state index < -0.39 is 0 Å². The van der Waals surface area contributed by atoms with Crippen LogP contribution in [-0.4, -0.2) is 40.8 Å². The summed E-state index contributed by atoms with van der Waals surface area (Å²) in [5.41, 5.74) is 5.93. The molecule has 2 unspecified atom stereocenters. The number of carbonyl (C=O) groups excluding carboxylic acids is 2. The van der Waals surface area contributed by atoms with Gasteiger partial charge in [-0.25, -0.2) is 4.98 Å². The van der Waals surface area contributed by atoms with Crippen LogP contribution in [0.1, 0.15) is 23.3 Å². The summed E-state index contributed by atoms with van der Waals surface area (Å²) in [5.74, 6) is -0.108. The Kier molecular flexibility index (Phi) is 2.70. The van der Waals surface area contributed by atoms with E-state index in [9.17, 15) is 9.59 Å². The van der Waals surface area contributed by atoms with Crippen LogP contribution in [0.3, 0.4) is 0 Å². The summed E-state index contributed by atoms with van der Waals surface area (Å²) in [6, 6.07) is -0.0262. The molecule has 2 saturated heterocycles. The lowest BCUT2D eigenvalue weighted by molar-refractivity contribution is -0.123. The zero-order chi connectivity index (χ0) is 12.7. The number of thiazole rings is 1. The monoisotopic (exact) mass is 266 g/mol. The van der Waals surface area contributed by atoms with Gasteiger partial charge in [-0.05, 0) is 12.8 Å². The number of likely N-dealkylation sites (tertiary alicyclic amines) is 1. The van der Waals surface area contributed by atoms with Gasteiger partial charge in [0.15, 0.2) is 5.13 Å². The maximum absolute atomic E-state index is 12.3. The average Bonchev–Trinajstić information content (AvgIpc) is 2.96. The second kappa shape index (κ2) is 4.24. The first kappa shape index (κ1) is 11.5. The number of carbonyl (C=O) groups is 2. The minimum Gasteiger partial charge on any atom is -0.375 e. The van der Waals surface area contributed by atoms with Gasteiger partial charge in [-0.2, -0.15) is 0 Å². The van der Waals surface area contributed by atoms with Crippen LogP contribution >= 0.6 is 11.3 Å². The van der Waals surface area contributed by atoms with Crippen molar-refractivity contribution in [2.24, 2.45) is 5.92 Å². The molecule has 6 nitrogen and oxygen atoms in total. The fraction of sp³-hybridized carbons (Fsp3) is 0.545. The van der Waals surface area contributed by atoms with Gasteiger partial charge in [-0.3, -0.25) is 9.59 Å². The van der Waals surface area contributed by atoms with Crippen molar-refractivity contribution >= 4 is 28.3 Å². The summed E-state index contributed by atoms with van der Waals surface area (Å²) in [6.07, 6.45) is 1.72. The van der Waals surface area contributed by atoms with Crippen molar-refractivity contribution in [3.05, 3.63) is 11.1 Å². The number of fused-ring (bicyclic) bond motifs is 1. The SMILES string of the molecule is Nc1nc(C(=O)N2CCCC3C(=O)NCC32)cs1. The van der Waals surface area contributed by atoms with E-state index in [4.69, 9.17) is 5.73 Å². The van der Waals surface area contributed by atoms with E-state index in [0.717, 1.165) is 12.8 Å². The van der Waals surface area contributed by atoms with E-state index in [1.165, 1.54) is 11.3 Å². The Bertz CT molecular complexity index is 501. The van der Waals surface area contributed by atoms with E-state index >= 15 is 0 Å². The first-order valence-corrected chi connectivity index (χ1v) is 6.84. The fourth-order valence-electron chi connectivity index (χ4n) is 2.74. The molecule has 2 aliphatic rings. The quantitative estimate of drug-likeness (QED) is 0.753. The number of nitrogens with one attached hydrogen (secondary N) is 1. The standard InChI is InChI=1S/C11H14N4O2S/c12-11-14-7(5-18-11)10(17)15-3-1-2-6-8(15)4-13-9(6)16/h5-6,8H,1-4H2,(H2,12,14)(H,13,16). The van der Waals surface area contributed by atoms with Crippen LogP contribution in [0.25, 0.3) is 0 Å². The average molecular weight is 266 g/mol. The van der Waals surface area contributed by atoms with Gasteiger partial charge in [0, 0.05) is 18.5 Å². The van der Waals surface area contributed by atoms with Crippen LogP contribution in [-0.2, 0) is 4.79 Å². The normalized spacial score (nSPS) is 26.9. The minimum atomic E-state index is -0.117. The van der Waals surface area contributed by atoms with Crippen LogP contribution in [0, 0.1) is 5.92 Å².